The Morgan fingerprint density at radius 3 is 2.59 bits per heavy atom. The van der Waals surface area contributed by atoms with E-state index in [1.165, 1.54) is 0 Å². The summed E-state index contributed by atoms with van der Waals surface area (Å²) in [6, 6.07) is 16.6. The molecule has 5 rings (SSSR count). The number of carbonyl (C=O) groups is 1. The molecule has 0 unspecified atom stereocenters. The molecule has 0 saturated carbocycles. The Morgan fingerprint density at radius 2 is 1.78 bits per heavy atom. The third kappa shape index (κ3) is 4.14. The summed E-state index contributed by atoms with van der Waals surface area (Å²) in [6.07, 6.45) is 6.86. The molecule has 0 radical (unpaired) electrons. The van der Waals surface area contributed by atoms with Gasteiger partial charge in [-0.1, -0.05) is 6.07 Å². The van der Waals surface area contributed by atoms with E-state index < -0.39 is 0 Å². The van der Waals surface area contributed by atoms with Crippen LogP contribution in [0.1, 0.15) is 23.2 Å². The van der Waals surface area contributed by atoms with Crippen LogP contribution < -0.4 is 5.56 Å². The van der Waals surface area contributed by atoms with Crippen molar-refractivity contribution in [3.63, 3.8) is 0 Å². The maximum atomic E-state index is 13.0. The van der Waals surface area contributed by atoms with Crippen molar-refractivity contribution >= 4 is 16.8 Å². The smallest absolute Gasteiger partial charge is 0.266 e. The van der Waals surface area contributed by atoms with Gasteiger partial charge in [0.1, 0.15) is 0 Å². The molecular weight excluding hydrogens is 402 g/mol. The van der Waals surface area contributed by atoms with Crippen LogP contribution in [0.5, 0.6) is 0 Å². The molecule has 0 bridgehead atoms. The minimum absolute atomic E-state index is 0.0455. The van der Waals surface area contributed by atoms with Crippen molar-refractivity contribution in [2.45, 2.75) is 19.4 Å². The van der Waals surface area contributed by atoms with Crippen LogP contribution in [-0.2, 0) is 6.54 Å². The fourth-order valence-electron chi connectivity index (χ4n) is 4.21. The SMILES string of the molecule is O=C(c1ccc2ncccc2c1)N1CCC(Cn2nc(-c3ccncc3)ccc2=O)CC1. The Bertz CT molecular complexity index is 1310. The second kappa shape index (κ2) is 8.70. The van der Waals surface area contributed by atoms with Crippen molar-refractivity contribution < 1.29 is 4.79 Å². The van der Waals surface area contributed by atoms with E-state index in [9.17, 15) is 9.59 Å². The number of hydrogen-bond acceptors (Lipinski definition) is 5. The van der Waals surface area contributed by atoms with Crippen LogP contribution in [0.2, 0.25) is 0 Å². The fourth-order valence-corrected chi connectivity index (χ4v) is 4.21. The Kier molecular flexibility index (Phi) is 5.46. The van der Waals surface area contributed by atoms with Crippen LogP contribution in [0.4, 0.5) is 0 Å². The monoisotopic (exact) mass is 425 g/mol. The Morgan fingerprint density at radius 1 is 0.969 bits per heavy atom. The molecule has 0 atom stereocenters. The van der Waals surface area contributed by atoms with Crippen LogP contribution in [-0.4, -0.2) is 43.6 Å². The van der Waals surface area contributed by atoms with Gasteiger partial charge in [0.25, 0.3) is 11.5 Å². The molecule has 32 heavy (non-hydrogen) atoms. The number of rotatable bonds is 4. The van der Waals surface area contributed by atoms with E-state index in [-0.39, 0.29) is 11.5 Å². The normalized spacial score (nSPS) is 14.6. The van der Waals surface area contributed by atoms with E-state index in [4.69, 9.17) is 0 Å². The van der Waals surface area contributed by atoms with Crippen molar-refractivity contribution in [1.82, 2.24) is 24.6 Å². The zero-order valence-corrected chi connectivity index (χ0v) is 17.6. The van der Waals surface area contributed by atoms with Crippen LogP contribution in [0.25, 0.3) is 22.2 Å². The number of nitrogens with zero attached hydrogens (tertiary/aromatic N) is 5. The Balaban J connectivity index is 1.25. The van der Waals surface area contributed by atoms with Gasteiger partial charge in [-0.15, -0.1) is 0 Å². The zero-order valence-electron chi connectivity index (χ0n) is 17.6. The van der Waals surface area contributed by atoms with Crippen molar-refractivity contribution in [3.8, 4) is 11.3 Å². The number of carbonyl (C=O) groups excluding carboxylic acids is 1. The van der Waals surface area contributed by atoms with Gasteiger partial charge in [-0.2, -0.15) is 5.10 Å². The molecule has 0 aliphatic carbocycles. The lowest BCUT2D eigenvalue weighted by atomic mass is 9.96. The molecule has 0 spiro atoms. The van der Waals surface area contributed by atoms with Gasteiger partial charge in [0.15, 0.2) is 0 Å². The van der Waals surface area contributed by atoms with E-state index in [0.717, 1.165) is 35.0 Å². The molecule has 3 aromatic heterocycles. The minimum atomic E-state index is -0.105. The number of likely N-dealkylation sites (tertiary alicyclic amines) is 1. The summed E-state index contributed by atoms with van der Waals surface area (Å²) in [4.78, 5) is 35.6. The van der Waals surface area contributed by atoms with E-state index in [1.54, 1.807) is 35.4 Å². The van der Waals surface area contributed by atoms with Gasteiger partial charge in [-0.25, -0.2) is 4.68 Å². The van der Waals surface area contributed by atoms with Crippen molar-refractivity contribution in [2.24, 2.45) is 5.92 Å². The maximum Gasteiger partial charge on any atom is 0.266 e. The third-order valence-corrected chi connectivity index (χ3v) is 6.03. The van der Waals surface area contributed by atoms with E-state index >= 15 is 0 Å². The van der Waals surface area contributed by atoms with Crippen LogP contribution in [0.15, 0.2) is 78.0 Å². The molecule has 1 aliphatic heterocycles. The predicted molar refractivity (Wildman–Crippen MR) is 122 cm³/mol. The lowest BCUT2D eigenvalue weighted by Crippen LogP contribution is -2.40. The molecule has 1 saturated heterocycles. The molecule has 160 valence electrons. The van der Waals surface area contributed by atoms with Gasteiger partial charge < -0.3 is 4.90 Å². The van der Waals surface area contributed by atoms with Crippen molar-refractivity contribution in [3.05, 3.63) is 89.1 Å². The maximum absolute atomic E-state index is 13.0. The van der Waals surface area contributed by atoms with E-state index in [2.05, 4.69) is 15.1 Å². The Hall–Kier alpha value is -3.87. The molecular formula is C25H23N5O2. The van der Waals surface area contributed by atoms with E-state index in [0.29, 0.717) is 31.1 Å². The first kappa shape index (κ1) is 20.1. The molecule has 1 aliphatic rings. The zero-order chi connectivity index (χ0) is 21.9. The van der Waals surface area contributed by atoms with Crippen molar-refractivity contribution in [2.75, 3.05) is 13.1 Å². The summed E-state index contributed by atoms with van der Waals surface area (Å²) in [5.74, 6) is 0.349. The quantitative estimate of drug-likeness (QED) is 0.501. The van der Waals surface area contributed by atoms with E-state index in [1.807, 2.05) is 47.4 Å². The Labute approximate surface area is 185 Å². The van der Waals surface area contributed by atoms with Gasteiger partial charge in [0, 0.05) is 60.8 Å². The highest BCUT2D eigenvalue weighted by molar-refractivity contribution is 5.98. The lowest BCUT2D eigenvalue weighted by molar-refractivity contribution is 0.0680. The molecule has 1 amide bonds. The standard InChI is InChI=1S/C25H23N5O2/c31-24-6-5-23(19-7-12-26-13-8-19)28-30(24)17-18-9-14-29(15-10-18)25(32)21-3-4-22-20(16-21)2-1-11-27-22/h1-8,11-13,16,18H,9-10,14-15,17H2. The predicted octanol–water partition coefficient (Wildman–Crippen LogP) is 3.41. The number of amides is 1. The number of piperidine rings is 1. The molecule has 1 fully saturated rings. The second-order valence-corrected chi connectivity index (χ2v) is 8.12. The topological polar surface area (TPSA) is 81.0 Å². The summed E-state index contributed by atoms with van der Waals surface area (Å²) in [5.41, 5.74) is 3.15. The first-order chi connectivity index (χ1) is 15.7. The lowest BCUT2D eigenvalue weighted by Gasteiger charge is -2.32. The summed E-state index contributed by atoms with van der Waals surface area (Å²) in [5, 5.41) is 5.52. The van der Waals surface area contributed by atoms with Gasteiger partial charge in [-0.3, -0.25) is 19.6 Å². The fraction of sp³-hybridized carbons (Fsp3) is 0.240. The second-order valence-electron chi connectivity index (χ2n) is 8.12. The first-order valence-corrected chi connectivity index (χ1v) is 10.8. The van der Waals surface area contributed by atoms with Crippen molar-refractivity contribution in [1.29, 1.82) is 0 Å². The summed E-state index contributed by atoms with van der Waals surface area (Å²) < 4.78 is 1.55. The van der Waals surface area contributed by atoms with Gasteiger partial charge >= 0.3 is 0 Å². The number of hydrogen-bond donors (Lipinski definition) is 0. The van der Waals surface area contributed by atoms with Crippen LogP contribution >= 0.6 is 0 Å². The molecule has 4 aromatic rings. The van der Waals surface area contributed by atoms with Gasteiger partial charge in [0.05, 0.1) is 11.2 Å². The van der Waals surface area contributed by atoms with Gasteiger partial charge in [0.2, 0.25) is 0 Å². The van der Waals surface area contributed by atoms with Gasteiger partial charge in [-0.05, 0) is 61.2 Å². The molecule has 4 heterocycles. The average Bonchev–Trinajstić information content (AvgIpc) is 2.85. The number of fused-ring (bicyclic) bond motifs is 1. The van der Waals surface area contributed by atoms with Crippen LogP contribution in [0.3, 0.4) is 0 Å². The molecule has 7 heteroatoms. The average molecular weight is 425 g/mol. The first-order valence-electron chi connectivity index (χ1n) is 10.8. The van der Waals surface area contributed by atoms with Crippen LogP contribution in [0, 0.1) is 5.92 Å². The summed E-state index contributed by atoms with van der Waals surface area (Å²) in [7, 11) is 0. The molecule has 1 aromatic carbocycles. The highest BCUT2D eigenvalue weighted by Crippen LogP contribution is 2.22. The summed E-state index contributed by atoms with van der Waals surface area (Å²) in [6.45, 7) is 1.90. The number of aromatic nitrogens is 4. The largest absolute Gasteiger partial charge is 0.339 e. The number of pyridine rings is 2. The summed E-state index contributed by atoms with van der Waals surface area (Å²) >= 11 is 0. The third-order valence-electron chi connectivity index (χ3n) is 6.03. The molecule has 7 nitrogen and oxygen atoms in total. The number of benzene rings is 1. The molecule has 0 N–H and O–H groups in total. The highest BCUT2D eigenvalue weighted by atomic mass is 16.2. The highest BCUT2D eigenvalue weighted by Gasteiger charge is 2.24. The minimum Gasteiger partial charge on any atom is -0.339 e.